The number of rotatable bonds is 6. The van der Waals surface area contributed by atoms with Crippen LogP contribution in [0.25, 0.3) is 0 Å². The molecule has 0 saturated heterocycles. The van der Waals surface area contributed by atoms with Crippen molar-refractivity contribution >= 4 is 23.2 Å². The van der Waals surface area contributed by atoms with E-state index in [1.807, 2.05) is 7.11 Å². The van der Waals surface area contributed by atoms with Crippen molar-refractivity contribution in [2.45, 2.75) is 31.8 Å². The minimum atomic E-state index is -1.69. The zero-order chi connectivity index (χ0) is 19.2. The van der Waals surface area contributed by atoms with E-state index in [9.17, 15) is 0 Å². The summed E-state index contributed by atoms with van der Waals surface area (Å²) in [5, 5.41) is 4.50. The molecule has 1 aliphatic rings. The van der Waals surface area contributed by atoms with E-state index in [0.717, 1.165) is 5.92 Å². The molecule has 0 N–H and O–H groups in total. The number of hydrogen-bond acceptors (Lipinski definition) is 1. The maximum atomic E-state index is 5.63. The lowest BCUT2D eigenvalue weighted by molar-refractivity contribution is -0.00000680. The van der Waals surface area contributed by atoms with Gasteiger partial charge in [0.25, 0.3) is 0 Å². The van der Waals surface area contributed by atoms with Gasteiger partial charge >= 0.3 is 0 Å². The van der Waals surface area contributed by atoms with E-state index in [2.05, 4.69) is 91.0 Å². The van der Waals surface area contributed by atoms with Gasteiger partial charge < -0.3 is 28.7 Å². The van der Waals surface area contributed by atoms with Gasteiger partial charge in [-0.1, -0.05) is 54.6 Å². The average Bonchev–Trinajstić information content (AvgIpc) is 2.80. The fourth-order valence-corrected chi connectivity index (χ4v) is 9.46. The van der Waals surface area contributed by atoms with E-state index in [1.54, 1.807) is 0 Å². The first-order chi connectivity index (χ1) is 13.8. The van der Waals surface area contributed by atoms with Gasteiger partial charge in [0.15, 0.2) is 0 Å². The summed E-state index contributed by atoms with van der Waals surface area (Å²) in [6, 6.07) is 33.8. The number of methoxy groups -OCH3 is 1. The Bertz CT molecular complexity index is 749. The molecular weight excluding hydrogens is 486 g/mol. The molecule has 0 heterocycles. The molecule has 0 bridgehead atoms. The molecule has 0 amide bonds. The van der Waals surface area contributed by atoms with Gasteiger partial charge in [-0.2, -0.15) is 0 Å². The standard InChI is InChI=1S/C26H30OP.HI/c1-27-23-19-17-22(18-20-23)21-28(24-11-5-2-6-12-24,25-13-7-3-8-14-25)26-15-9-4-10-16-26;/h2-16,22-23H,17-21H2,1H3;1H/q+1;/p-1. The molecule has 4 rings (SSSR count). The second kappa shape index (κ2) is 10.7. The maximum Gasteiger partial charge on any atom is 0.112 e. The third-order valence-corrected chi connectivity index (χ3v) is 10.9. The van der Waals surface area contributed by atoms with Gasteiger partial charge in [0.05, 0.1) is 12.3 Å². The van der Waals surface area contributed by atoms with Gasteiger partial charge in [-0.25, -0.2) is 0 Å². The molecule has 0 spiro atoms. The van der Waals surface area contributed by atoms with Gasteiger partial charge in [-0.3, -0.25) is 0 Å². The number of benzene rings is 3. The van der Waals surface area contributed by atoms with Crippen LogP contribution in [0.2, 0.25) is 0 Å². The third-order valence-electron chi connectivity index (χ3n) is 6.25. The van der Waals surface area contributed by atoms with Crippen LogP contribution < -0.4 is 39.9 Å². The minimum absolute atomic E-state index is 0. The number of hydrogen-bond donors (Lipinski definition) is 0. The first-order valence-corrected chi connectivity index (χ1v) is 12.4. The molecule has 1 fully saturated rings. The molecule has 1 saturated carbocycles. The highest BCUT2D eigenvalue weighted by molar-refractivity contribution is 7.95. The Balaban J connectivity index is 0.00000240. The third kappa shape index (κ3) is 4.93. The average molecular weight is 516 g/mol. The van der Waals surface area contributed by atoms with Crippen LogP contribution in [-0.2, 0) is 4.74 Å². The molecule has 3 aromatic carbocycles. The Morgan fingerprint density at radius 3 is 1.38 bits per heavy atom. The van der Waals surface area contributed by atoms with Crippen molar-refractivity contribution in [3.05, 3.63) is 91.0 Å². The summed E-state index contributed by atoms with van der Waals surface area (Å²) < 4.78 is 5.63. The monoisotopic (exact) mass is 516 g/mol. The topological polar surface area (TPSA) is 9.23 Å². The SMILES string of the molecule is COC1CCC(C[P+](c2ccccc2)(c2ccccc2)c2ccccc2)CC1.[I-]. The summed E-state index contributed by atoms with van der Waals surface area (Å²) in [6.45, 7) is 0. The quantitative estimate of drug-likeness (QED) is 0.361. The van der Waals surface area contributed by atoms with Crippen LogP contribution in [0.3, 0.4) is 0 Å². The fourth-order valence-electron chi connectivity index (χ4n) is 4.75. The molecule has 29 heavy (non-hydrogen) atoms. The van der Waals surface area contributed by atoms with E-state index in [1.165, 1.54) is 47.8 Å². The van der Waals surface area contributed by atoms with Crippen LogP contribution in [0, 0.1) is 5.92 Å². The lowest BCUT2D eigenvalue weighted by atomic mass is 9.89. The van der Waals surface area contributed by atoms with Crippen molar-refractivity contribution < 1.29 is 28.7 Å². The lowest BCUT2D eigenvalue weighted by Gasteiger charge is -2.34. The van der Waals surface area contributed by atoms with Crippen molar-refractivity contribution in [1.82, 2.24) is 0 Å². The van der Waals surface area contributed by atoms with Gasteiger partial charge in [0, 0.05) is 7.11 Å². The Morgan fingerprint density at radius 1 is 0.655 bits per heavy atom. The van der Waals surface area contributed by atoms with Crippen LogP contribution in [0.5, 0.6) is 0 Å². The zero-order valence-corrected chi connectivity index (χ0v) is 20.1. The molecule has 3 aromatic rings. The molecule has 0 atom stereocenters. The van der Waals surface area contributed by atoms with E-state index >= 15 is 0 Å². The first kappa shape index (κ1) is 22.5. The summed E-state index contributed by atoms with van der Waals surface area (Å²) >= 11 is 0. The number of ether oxygens (including phenoxy) is 1. The predicted octanol–water partition coefficient (Wildman–Crippen LogP) is 2.19. The highest BCUT2D eigenvalue weighted by atomic mass is 127. The molecule has 0 radical (unpaired) electrons. The van der Waals surface area contributed by atoms with Crippen LogP contribution in [0.15, 0.2) is 91.0 Å². The number of halogens is 1. The second-order valence-electron chi connectivity index (χ2n) is 7.88. The van der Waals surface area contributed by atoms with Crippen LogP contribution in [0.1, 0.15) is 25.7 Å². The summed E-state index contributed by atoms with van der Waals surface area (Å²) in [6.07, 6.45) is 6.63. The summed E-state index contributed by atoms with van der Waals surface area (Å²) in [5.74, 6) is 0.750. The van der Waals surface area contributed by atoms with Crippen LogP contribution in [0.4, 0.5) is 0 Å². The summed E-state index contributed by atoms with van der Waals surface area (Å²) in [7, 11) is 0.171. The highest BCUT2D eigenvalue weighted by Gasteiger charge is 2.47. The highest BCUT2D eigenvalue weighted by Crippen LogP contribution is 2.57. The molecule has 3 heteroatoms. The van der Waals surface area contributed by atoms with E-state index in [0.29, 0.717) is 6.10 Å². The fraction of sp³-hybridized carbons (Fsp3) is 0.308. The normalized spacial score (nSPS) is 19.3. The van der Waals surface area contributed by atoms with E-state index < -0.39 is 7.26 Å². The minimum Gasteiger partial charge on any atom is -1.00 e. The largest absolute Gasteiger partial charge is 1.00 e. The van der Waals surface area contributed by atoms with Crippen molar-refractivity contribution in [2.24, 2.45) is 5.92 Å². The van der Waals surface area contributed by atoms with E-state index in [4.69, 9.17) is 4.74 Å². The first-order valence-electron chi connectivity index (χ1n) is 10.4. The van der Waals surface area contributed by atoms with Crippen molar-refractivity contribution in [3.63, 3.8) is 0 Å². The Labute approximate surface area is 193 Å². The van der Waals surface area contributed by atoms with Crippen molar-refractivity contribution in [2.75, 3.05) is 13.3 Å². The summed E-state index contributed by atoms with van der Waals surface area (Å²) in [5.41, 5.74) is 0. The zero-order valence-electron chi connectivity index (χ0n) is 17.1. The van der Waals surface area contributed by atoms with Gasteiger partial charge in [-0.15, -0.1) is 0 Å². The maximum absolute atomic E-state index is 5.63. The molecule has 0 unspecified atom stereocenters. The molecule has 1 aliphatic carbocycles. The molecule has 1 nitrogen and oxygen atoms in total. The molecule has 0 aliphatic heterocycles. The Morgan fingerprint density at radius 2 is 1.03 bits per heavy atom. The van der Waals surface area contributed by atoms with E-state index in [-0.39, 0.29) is 24.0 Å². The van der Waals surface area contributed by atoms with Gasteiger partial charge in [0.2, 0.25) is 0 Å². The van der Waals surface area contributed by atoms with Crippen molar-refractivity contribution in [1.29, 1.82) is 0 Å². The molecule has 152 valence electrons. The summed E-state index contributed by atoms with van der Waals surface area (Å²) in [4.78, 5) is 0. The van der Waals surface area contributed by atoms with Gasteiger partial charge in [0.1, 0.15) is 23.2 Å². The molecular formula is C26H30IOP. The Kier molecular flexibility index (Phi) is 8.29. The second-order valence-corrected chi connectivity index (χ2v) is 11.4. The van der Waals surface area contributed by atoms with Crippen LogP contribution >= 0.6 is 7.26 Å². The van der Waals surface area contributed by atoms with Gasteiger partial charge in [-0.05, 0) is 68.0 Å². The van der Waals surface area contributed by atoms with Crippen LogP contribution in [-0.4, -0.2) is 19.4 Å². The van der Waals surface area contributed by atoms with Crippen molar-refractivity contribution in [3.8, 4) is 0 Å². The Hall–Kier alpha value is -1.22. The molecule has 0 aromatic heterocycles. The lowest BCUT2D eigenvalue weighted by Crippen LogP contribution is -3.00. The smallest absolute Gasteiger partial charge is 0.112 e. The predicted molar refractivity (Wildman–Crippen MR) is 123 cm³/mol.